The smallest absolute Gasteiger partial charge is 0.272 e. The Morgan fingerprint density at radius 1 is 0.963 bits per heavy atom. The molecule has 0 radical (unpaired) electrons. The minimum absolute atomic E-state index is 0.0886. The maximum Gasteiger partial charge on any atom is 0.272 e. The van der Waals surface area contributed by atoms with Crippen molar-refractivity contribution < 1.29 is 4.92 Å². The molecule has 0 saturated carbocycles. The third kappa shape index (κ3) is 4.67. The Kier molecular flexibility index (Phi) is 6.60. The molecule has 0 aliphatic rings. The summed E-state index contributed by atoms with van der Waals surface area (Å²) in [6.45, 7) is 9.55. The molecule has 0 fully saturated rings. The number of para-hydroxylation sites is 1. The van der Waals surface area contributed by atoms with E-state index in [1.165, 1.54) is 0 Å². The third-order valence-corrected chi connectivity index (χ3v) is 4.10. The monoisotopic (exact) mass is 364 g/mol. The van der Waals surface area contributed by atoms with Crippen LogP contribution in [0.15, 0.2) is 48.5 Å². The van der Waals surface area contributed by atoms with Crippen LogP contribution in [0.2, 0.25) is 0 Å². The second-order valence-electron chi connectivity index (χ2n) is 5.86. The number of anilines is 2. The number of nitro groups is 1. The second-order valence-corrected chi connectivity index (χ2v) is 5.86. The maximum absolute atomic E-state index is 11.2. The number of aromatic nitrogens is 2. The van der Waals surface area contributed by atoms with Crippen molar-refractivity contribution in [1.29, 1.82) is 0 Å². The molecule has 27 heavy (non-hydrogen) atoms. The predicted molar refractivity (Wildman–Crippen MR) is 109 cm³/mol. The summed E-state index contributed by atoms with van der Waals surface area (Å²) in [5.41, 5.74) is 4.71. The fraction of sp³-hybridized carbons (Fsp3) is 0.238. The summed E-state index contributed by atoms with van der Waals surface area (Å²) in [6.07, 6.45) is 0. The Bertz CT molecular complexity index is 940. The normalized spacial score (nSPS) is 9.96. The van der Waals surface area contributed by atoms with Crippen molar-refractivity contribution >= 4 is 17.3 Å². The molecule has 2 aromatic carbocycles. The Labute approximate surface area is 159 Å². The molecule has 0 unspecified atom stereocenters. The summed E-state index contributed by atoms with van der Waals surface area (Å²) in [5, 5.41) is 14.4. The number of benzene rings is 2. The van der Waals surface area contributed by atoms with Gasteiger partial charge in [-0.3, -0.25) is 10.1 Å². The number of nitrogens with zero attached hydrogens (tertiary/aromatic N) is 3. The van der Waals surface area contributed by atoms with E-state index in [1.807, 2.05) is 64.1 Å². The molecule has 0 aliphatic heterocycles. The molecule has 3 rings (SSSR count). The average molecular weight is 364 g/mol. The van der Waals surface area contributed by atoms with Gasteiger partial charge < -0.3 is 5.32 Å². The lowest BCUT2D eigenvalue weighted by Crippen LogP contribution is -2.03. The van der Waals surface area contributed by atoms with Gasteiger partial charge in [0.2, 0.25) is 5.95 Å². The second kappa shape index (κ2) is 8.89. The first kappa shape index (κ1) is 20.0. The highest BCUT2D eigenvalue weighted by molar-refractivity contribution is 5.69. The van der Waals surface area contributed by atoms with E-state index >= 15 is 0 Å². The number of aryl methyl sites for hydroxylation is 2. The molecule has 0 aliphatic carbocycles. The number of nitro benzene ring substituents is 1. The zero-order chi connectivity index (χ0) is 20.0. The van der Waals surface area contributed by atoms with E-state index in [9.17, 15) is 10.1 Å². The minimum atomic E-state index is -0.370. The zero-order valence-corrected chi connectivity index (χ0v) is 16.3. The van der Waals surface area contributed by atoms with Gasteiger partial charge in [-0.1, -0.05) is 44.2 Å². The van der Waals surface area contributed by atoms with Gasteiger partial charge >= 0.3 is 0 Å². The molecular weight excluding hydrogens is 340 g/mol. The summed E-state index contributed by atoms with van der Waals surface area (Å²) < 4.78 is 0. The van der Waals surface area contributed by atoms with Gasteiger partial charge in [-0.2, -0.15) is 0 Å². The Morgan fingerprint density at radius 3 is 2.26 bits per heavy atom. The number of hydrogen-bond donors (Lipinski definition) is 1. The van der Waals surface area contributed by atoms with E-state index in [-0.39, 0.29) is 10.6 Å². The molecule has 3 aromatic rings. The minimum Gasteiger partial charge on any atom is -0.324 e. The highest BCUT2D eigenvalue weighted by Crippen LogP contribution is 2.29. The Morgan fingerprint density at radius 2 is 1.63 bits per heavy atom. The number of rotatable bonds is 4. The molecule has 0 bridgehead atoms. The Balaban J connectivity index is 0.00000126. The van der Waals surface area contributed by atoms with Crippen LogP contribution in [0.3, 0.4) is 0 Å². The van der Waals surface area contributed by atoms with Gasteiger partial charge in [0.1, 0.15) is 0 Å². The van der Waals surface area contributed by atoms with Crippen LogP contribution < -0.4 is 5.32 Å². The Hall–Kier alpha value is -3.28. The number of nitrogens with one attached hydrogen (secondary N) is 1. The first-order valence-corrected chi connectivity index (χ1v) is 8.88. The van der Waals surface area contributed by atoms with Gasteiger partial charge in [-0.25, -0.2) is 9.97 Å². The van der Waals surface area contributed by atoms with Crippen molar-refractivity contribution in [1.82, 2.24) is 9.97 Å². The highest BCUT2D eigenvalue weighted by atomic mass is 16.6. The van der Waals surface area contributed by atoms with Crippen LogP contribution >= 0.6 is 0 Å². The van der Waals surface area contributed by atoms with Crippen molar-refractivity contribution in [3.63, 3.8) is 0 Å². The fourth-order valence-electron chi connectivity index (χ4n) is 2.57. The molecule has 0 amide bonds. The standard InChI is InChI=1S/C19H18N4O2.C2H6/c1-12-9-10-15(11-17(12)23(24)25)18-13(2)14(3)20-19(22-18)21-16-7-5-4-6-8-16;1-2/h4-11H,1-3H3,(H,20,21,22);1-2H3. The van der Waals surface area contributed by atoms with E-state index in [1.54, 1.807) is 19.1 Å². The molecular formula is C21H24N4O2. The quantitative estimate of drug-likeness (QED) is 0.471. The topological polar surface area (TPSA) is 81.0 Å². The molecule has 6 heteroatoms. The van der Waals surface area contributed by atoms with Gasteiger partial charge in [0.05, 0.1) is 10.6 Å². The van der Waals surface area contributed by atoms with Gasteiger partial charge in [0, 0.05) is 28.6 Å². The summed E-state index contributed by atoms with van der Waals surface area (Å²) in [4.78, 5) is 19.9. The third-order valence-electron chi connectivity index (χ3n) is 4.10. The fourth-order valence-corrected chi connectivity index (χ4v) is 2.57. The molecule has 0 saturated heterocycles. The summed E-state index contributed by atoms with van der Waals surface area (Å²) in [7, 11) is 0. The highest BCUT2D eigenvalue weighted by Gasteiger charge is 2.16. The van der Waals surface area contributed by atoms with Crippen LogP contribution in [0.4, 0.5) is 17.3 Å². The van der Waals surface area contributed by atoms with Crippen LogP contribution in [-0.2, 0) is 0 Å². The van der Waals surface area contributed by atoms with Gasteiger partial charge in [0.25, 0.3) is 5.69 Å². The summed E-state index contributed by atoms with van der Waals surface area (Å²) in [6, 6.07) is 14.8. The van der Waals surface area contributed by atoms with Crippen LogP contribution in [0, 0.1) is 30.9 Å². The SMILES string of the molecule is CC.Cc1ccc(-c2nc(Nc3ccccc3)nc(C)c2C)cc1[N+](=O)[O-]. The number of hydrogen-bond acceptors (Lipinski definition) is 5. The lowest BCUT2D eigenvalue weighted by Gasteiger charge is -2.12. The lowest BCUT2D eigenvalue weighted by molar-refractivity contribution is -0.385. The summed E-state index contributed by atoms with van der Waals surface area (Å²) >= 11 is 0. The largest absolute Gasteiger partial charge is 0.324 e. The first-order valence-electron chi connectivity index (χ1n) is 8.88. The molecule has 140 valence electrons. The van der Waals surface area contributed by atoms with Crippen LogP contribution in [0.5, 0.6) is 0 Å². The van der Waals surface area contributed by atoms with E-state index in [0.29, 0.717) is 22.8 Å². The lowest BCUT2D eigenvalue weighted by atomic mass is 10.0. The van der Waals surface area contributed by atoms with E-state index in [2.05, 4.69) is 15.3 Å². The van der Waals surface area contributed by atoms with Crippen LogP contribution in [0.25, 0.3) is 11.3 Å². The molecule has 1 N–H and O–H groups in total. The molecule has 1 aromatic heterocycles. The van der Waals surface area contributed by atoms with Crippen molar-refractivity contribution in [3.8, 4) is 11.3 Å². The van der Waals surface area contributed by atoms with Gasteiger partial charge in [-0.15, -0.1) is 0 Å². The molecule has 0 spiro atoms. The average Bonchev–Trinajstić information content (AvgIpc) is 2.67. The van der Waals surface area contributed by atoms with Gasteiger partial charge in [0.15, 0.2) is 0 Å². The van der Waals surface area contributed by atoms with Crippen molar-refractivity contribution in [3.05, 3.63) is 75.5 Å². The van der Waals surface area contributed by atoms with Crippen molar-refractivity contribution in [2.24, 2.45) is 0 Å². The van der Waals surface area contributed by atoms with Crippen LogP contribution in [-0.4, -0.2) is 14.9 Å². The van der Waals surface area contributed by atoms with E-state index in [4.69, 9.17) is 0 Å². The molecule has 6 nitrogen and oxygen atoms in total. The maximum atomic E-state index is 11.2. The van der Waals surface area contributed by atoms with E-state index < -0.39 is 0 Å². The van der Waals surface area contributed by atoms with E-state index in [0.717, 1.165) is 16.9 Å². The first-order chi connectivity index (χ1) is 13.0. The van der Waals surface area contributed by atoms with Crippen molar-refractivity contribution in [2.75, 3.05) is 5.32 Å². The molecule has 0 atom stereocenters. The van der Waals surface area contributed by atoms with Crippen LogP contribution in [0.1, 0.15) is 30.7 Å². The van der Waals surface area contributed by atoms with Crippen molar-refractivity contribution in [2.45, 2.75) is 34.6 Å². The van der Waals surface area contributed by atoms with Gasteiger partial charge in [-0.05, 0) is 38.5 Å². The summed E-state index contributed by atoms with van der Waals surface area (Å²) in [5.74, 6) is 0.465. The predicted octanol–water partition coefficient (Wildman–Crippen LogP) is 5.75. The molecule has 1 heterocycles. The zero-order valence-electron chi connectivity index (χ0n) is 16.3.